The Balaban J connectivity index is 3.30. The highest BCUT2D eigenvalue weighted by Gasteiger charge is 2.20. The summed E-state index contributed by atoms with van der Waals surface area (Å²) in [5, 5.41) is 10.1. The van der Waals surface area contributed by atoms with Gasteiger partial charge >= 0.3 is 0 Å². The summed E-state index contributed by atoms with van der Waals surface area (Å²) in [6.45, 7) is 5.91. The van der Waals surface area contributed by atoms with E-state index in [-0.39, 0.29) is 5.92 Å². The van der Waals surface area contributed by atoms with Crippen LogP contribution in [0.2, 0.25) is 0 Å². The summed E-state index contributed by atoms with van der Waals surface area (Å²) < 4.78 is 10.6. The van der Waals surface area contributed by atoms with E-state index in [9.17, 15) is 5.11 Å². The van der Waals surface area contributed by atoms with E-state index in [1.165, 1.54) is 0 Å². The van der Waals surface area contributed by atoms with E-state index in [2.05, 4.69) is 0 Å². The van der Waals surface area contributed by atoms with Crippen LogP contribution in [0.1, 0.15) is 31.1 Å². The minimum absolute atomic E-state index is 0.139. The van der Waals surface area contributed by atoms with E-state index in [0.717, 1.165) is 11.1 Å². The van der Waals surface area contributed by atoms with Gasteiger partial charge in [0.05, 0.1) is 20.3 Å². The van der Waals surface area contributed by atoms with Crippen LogP contribution in [-0.2, 0) is 0 Å². The summed E-state index contributed by atoms with van der Waals surface area (Å²) in [5.41, 5.74) is 1.83. The summed E-state index contributed by atoms with van der Waals surface area (Å²) in [7, 11) is 3.19. The van der Waals surface area contributed by atoms with Crippen molar-refractivity contribution in [1.29, 1.82) is 0 Å². The SMILES string of the molecule is COc1cc(C)cc([C@@H](O)C(C)C)c1OC. The van der Waals surface area contributed by atoms with Crippen LogP contribution in [0.5, 0.6) is 11.5 Å². The minimum atomic E-state index is -0.538. The van der Waals surface area contributed by atoms with Gasteiger partial charge in [0.2, 0.25) is 0 Å². The number of benzene rings is 1. The second-order valence-corrected chi connectivity index (χ2v) is 4.28. The lowest BCUT2D eigenvalue weighted by molar-refractivity contribution is 0.123. The Bertz CT molecular complexity index is 358. The summed E-state index contributed by atoms with van der Waals surface area (Å²) in [6.07, 6.45) is -0.538. The molecule has 0 unspecified atom stereocenters. The van der Waals surface area contributed by atoms with Gasteiger partial charge in [0.1, 0.15) is 0 Å². The molecule has 1 rings (SSSR count). The number of ether oxygens (including phenoxy) is 2. The maximum absolute atomic E-state index is 10.1. The first-order chi connectivity index (χ1) is 7.51. The molecule has 0 radical (unpaired) electrons. The standard InChI is InChI=1S/C13H20O3/c1-8(2)12(14)10-6-9(3)7-11(15-4)13(10)16-5/h6-8,12,14H,1-5H3/t12-/m0/s1. The van der Waals surface area contributed by atoms with E-state index in [4.69, 9.17) is 9.47 Å². The van der Waals surface area contributed by atoms with Crippen LogP contribution in [-0.4, -0.2) is 19.3 Å². The molecule has 1 atom stereocenters. The lowest BCUT2D eigenvalue weighted by Gasteiger charge is -2.20. The lowest BCUT2D eigenvalue weighted by Crippen LogP contribution is -2.08. The number of aryl methyl sites for hydroxylation is 1. The number of aliphatic hydroxyl groups excluding tert-OH is 1. The second kappa shape index (κ2) is 5.21. The lowest BCUT2D eigenvalue weighted by atomic mass is 9.96. The fraction of sp³-hybridized carbons (Fsp3) is 0.538. The van der Waals surface area contributed by atoms with Crippen molar-refractivity contribution in [2.75, 3.05) is 14.2 Å². The highest BCUT2D eigenvalue weighted by Crippen LogP contribution is 2.38. The van der Waals surface area contributed by atoms with Crippen LogP contribution in [0.3, 0.4) is 0 Å². The van der Waals surface area contributed by atoms with E-state index in [0.29, 0.717) is 11.5 Å². The van der Waals surface area contributed by atoms with Crippen molar-refractivity contribution in [3.05, 3.63) is 23.3 Å². The topological polar surface area (TPSA) is 38.7 Å². The Kier molecular flexibility index (Phi) is 4.19. The molecule has 0 spiro atoms. The van der Waals surface area contributed by atoms with Gasteiger partial charge in [-0.15, -0.1) is 0 Å². The average Bonchev–Trinajstić information content (AvgIpc) is 2.26. The molecule has 0 bridgehead atoms. The molecule has 0 saturated heterocycles. The molecule has 0 heterocycles. The first kappa shape index (κ1) is 12.8. The molecule has 16 heavy (non-hydrogen) atoms. The Morgan fingerprint density at radius 2 is 1.75 bits per heavy atom. The molecule has 0 saturated carbocycles. The van der Waals surface area contributed by atoms with E-state index < -0.39 is 6.10 Å². The third kappa shape index (κ3) is 2.47. The molecule has 3 nitrogen and oxygen atoms in total. The van der Waals surface area contributed by atoms with Crippen molar-refractivity contribution < 1.29 is 14.6 Å². The molecule has 90 valence electrons. The van der Waals surface area contributed by atoms with Crippen molar-refractivity contribution in [2.24, 2.45) is 5.92 Å². The summed E-state index contributed by atoms with van der Waals surface area (Å²) in [4.78, 5) is 0. The first-order valence-electron chi connectivity index (χ1n) is 5.41. The molecule has 1 aromatic carbocycles. The highest BCUT2D eigenvalue weighted by molar-refractivity contribution is 5.50. The predicted octanol–water partition coefficient (Wildman–Crippen LogP) is 2.70. The van der Waals surface area contributed by atoms with E-state index in [1.807, 2.05) is 32.9 Å². The van der Waals surface area contributed by atoms with Crippen LogP contribution in [0.15, 0.2) is 12.1 Å². The fourth-order valence-corrected chi connectivity index (χ4v) is 1.72. The predicted molar refractivity (Wildman–Crippen MR) is 64.1 cm³/mol. The molecular formula is C13H20O3. The molecule has 0 aliphatic carbocycles. The zero-order valence-electron chi connectivity index (χ0n) is 10.6. The number of aliphatic hydroxyl groups is 1. The molecule has 0 aliphatic heterocycles. The zero-order chi connectivity index (χ0) is 12.3. The molecule has 0 aromatic heterocycles. The van der Waals surface area contributed by atoms with Gasteiger partial charge in [-0.1, -0.05) is 13.8 Å². The van der Waals surface area contributed by atoms with Gasteiger partial charge in [-0.2, -0.15) is 0 Å². The Morgan fingerprint density at radius 1 is 1.12 bits per heavy atom. The largest absolute Gasteiger partial charge is 0.493 e. The Morgan fingerprint density at radius 3 is 2.19 bits per heavy atom. The van der Waals surface area contributed by atoms with Crippen molar-refractivity contribution in [1.82, 2.24) is 0 Å². The summed E-state index contributed by atoms with van der Waals surface area (Å²) in [5.74, 6) is 1.42. The third-order valence-electron chi connectivity index (χ3n) is 2.60. The van der Waals surface area contributed by atoms with Crippen LogP contribution in [0.4, 0.5) is 0 Å². The third-order valence-corrected chi connectivity index (χ3v) is 2.60. The number of hydrogen-bond donors (Lipinski definition) is 1. The molecule has 3 heteroatoms. The van der Waals surface area contributed by atoms with E-state index >= 15 is 0 Å². The smallest absolute Gasteiger partial charge is 0.166 e. The van der Waals surface area contributed by atoms with Gasteiger partial charge in [0.25, 0.3) is 0 Å². The van der Waals surface area contributed by atoms with Crippen LogP contribution >= 0.6 is 0 Å². The molecule has 0 fully saturated rings. The molecule has 0 amide bonds. The first-order valence-corrected chi connectivity index (χ1v) is 5.41. The van der Waals surface area contributed by atoms with Crippen LogP contribution < -0.4 is 9.47 Å². The molecular weight excluding hydrogens is 204 g/mol. The molecule has 1 aromatic rings. The molecule has 0 aliphatic rings. The Labute approximate surface area is 97.0 Å². The van der Waals surface area contributed by atoms with Crippen molar-refractivity contribution in [3.63, 3.8) is 0 Å². The zero-order valence-corrected chi connectivity index (χ0v) is 10.6. The number of methoxy groups -OCH3 is 2. The fourth-order valence-electron chi connectivity index (χ4n) is 1.72. The van der Waals surface area contributed by atoms with Crippen molar-refractivity contribution >= 4 is 0 Å². The van der Waals surface area contributed by atoms with Crippen molar-refractivity contribution in [3.8, 4) is 11.5 Å². The maximum atomic E-state index is 10.1. The van der Waals surface area contributed by atoms with E-state index in [1.54, 1.807) is 14.2 Å². The maximum Gasteiger partial charge on any atom is 0.166 e. The second-order valence-electron chi connectivity index (χ2n) is 4.28. The van der Waals surface area contributed by atoms with Gasteiger partial charge in [-0.05, 0) is 30.5 Å². The quantitative estimate of drug-likeness (QED) is 0.854. The highest BCUT2D eigenvalue weighted by atomic mass is 16.5. The minimum Gasteiger partial charge on any atom is -0.493 e. The normalized spacial score (nSPS) is 12.7. The monoisotopic (exact) mass is 224 g/mol. The van der Waals surface area contributed by atoms with Crippen molar-refractivity contribution in [2.45, 2.75) is 26.9 Å². The Hall–Kier alpha value is -1.22. The summed E-state index contributed by atoms with van der Waals surface area (Å²) in [6, 6.07) is 3.83. The average molecular weight is 224 g/mol. The van der Waals surface area contributed by atoms with Gasteiger partial charge < -0.3 is 14.6 Å². The number of hydrogen-bond acceptors (Lipinski definition) is 3. The van der Waals surface area contributed by atoms with Gasteiger partial charge in [-0.3, -0.25) is 0 Å². The van der Waals surface area contributed by atoms with Crippen LogP contribution in [0, 0.1) is 12.8 Å². The van der Waals surface area contributed by atoms with Crippen LogP contribution in [0.25, 0.3) is 0 Å². The van der Waals surface area contributed by atoms with Gasteiger partial charge in [0.15, 0.2) is 11.5 Å². The summed E-state index contributed by atoms with van der Waals surface area (Å²) >= 11 is 0. The number of rotatable bonds is 4. The van der Waals surface area contributed by atoms with Gasteiger partial charge in [0, 0.05) is 5.56 Å². The van der Waals surface area contributed by atoms with Gasteiger partial charge in [-0.25, -0.2) is 0 Å². The molecule has 1 N–H and O–H groups in total.